The van der Waals surface area contributed by atoms with E-state index in [1.165, 1.54) is 6.07 Å². The second kappa shape index (κ2) is 4.43. The summed E-state index contributed by atoms with van der Waals surface area (Å²) in [6, 6.07) is 4.33. The number of rotatable bonds is 2. The lowest BCUT2D eigenvalue weighted by Crippen LogP contribution is -2.13. The molecule has 0 bridgehead atoms. The molecule has 0 atom stereocenters. The van der Waals surface area contributed by atoms with Gasteiger partial charge in [-0.3, -0.25) is 0 Å². The molecule has 1 aromatic carbocycles. The van der Waals surface area contributed by atoms with Gasteiger partial charge in [0.25, 0.3) is 0 Å². The predicted molar refractivity (Wildman–Crippen MR) is 58.4 cm³/mol. The summed E-state index contributed by atoms with van der Waals surface area (Å²) < 4.78 is 37.9. The zero-order valence-electron chi connectivity index (χ0n) is 8.40. The molecule has 0 N–H and O–H groups in total. The Labute approximate surface area is 95.0 Å². The molecule has 0 aromatic heterocycles. The second-order valence-corrected chi connectivity index (χ2v) is 3.93. The number of hydrogen-bond acceptors (Lipinski definition) is 1. The Bertz CT molecular complexity index is 347. The van der Waals surface area contributed by atoms with Crippen LogP contribution in [0.2, 0.25) is 0 Å². The van der Waals surface area contributed by atoms with E-state index >= 15 is 0 Å². The summed E-state index contributed by atoms with van der Waals surface area (Å²) in [7, 11) is 3.42. The second-order valence-electron chi connectivity index (χ2n) is 3.37. The van der Waals surface area contributed by atoms with Crippen molar-refractivity contribution in [1.29, 1.82) is 0 Å². The van der Waals surface area contributed by atoms with Gasteiger partial charge in [0.1, 0.15) is 0 Å². The smallest absolute Gasteiger partial charge is 0.378 e. The third kappa shape index (κ3) is 2.87. The van der Waals surface area contributed by atoms with Crippen molar-refractivity contribution in [1.82, 2.24) is 0 Å². The van der Waals surface area contributed by atoms with Gasteiger partial charge in [0, 0.05) is 25.1 Å². The summed E-state index contributed by atoms with van der Waals surface area (Å²) in [5, 5.41) is 0.204. The van der Waals surface area contributed by atoms with Crippen molar-refractivity contribution in [2.75, 3.05) is 19.0 Å². The first kappa shape index (κ1) is 12.4. The monoisotopic (exact) mass is 281 g/mol. The largest absolute Gasteiger partial charge is 0.416 e. The molecule has 84 valence electrons. The van der Waals surface area contributed by atoms with Gasteiger partial charge in [-0.1, -0.05) is 22.0 Å². The fourth-order valence-electron chi connectivity index (χ4n) is 1.22. The molecule has 0 unspecified atom stereocenters. The summed E-state index contributed by atoms with van der Waals surface area (Å²) in [5.74, 6) is 0. The average molecular weight is 282 g/mol. The minimum Gasteiger partial charge on any atom is -0.378 e. The van der Waals surface area contributed by atoms with Crippen molar-refractivity contribution in [3.63, 3.8) is 0 Å². The first-order valence-corrected chi connectivity index (χ1v) is 5.42. The van der Waals surface area contributed by atoms with Gasteiger partial charge in [0.2, 0.25) is 0 Å². The molecular weight excluding hydrogens is 271 g/mol. The summed E-state index contributed by atoms with van der Waals surface area (Å²) >= 11 is 3.05. The minimum atomic E-state index is -4.30. The van der Waals surface area contributed by atoms with Gasteiger partial charge < -0.3 is 4.90 Å². The maximum absolute atomic E-state index is 12.6. The topological polar surface area (TPSA) is 3.24 Å². The maximum Gasteiger partial charge on any atom is 0.416 e. The molecule has 0 aliphatic carbocycles. The van der Waals surface area contributed by atoms with Gasteiger partial charge in [-0.15, -0.1) is 0 Å². The van der Waals surface area contributed by atoms with Gasteiger partial charge in [0.05, 0.1) is 5.56 Å². The van der Waals surface area contributed by atoms with Crippen LogP contribution in [0.25, 0.3) is 0 Å². The number of hydrogen-bond donors (Lipinski definition) is 0. The third-order valence-corrected chi connectivity index (χ3v) is 2.66. The van der Waals surface area contributed by atoms with E-state index in [0.717, 1.165) is 6.07 Å². The summed E-state index contributed by atoms with van der Waals surface area (Å²) in [6.45, 7) is 0. The Morgan fingerprint density at radius 1 is 1.27 bits per heavy atom. The molecule has 15 heavy (non-hydrogen) atoms. The van der Waals surface area contributed by atoms with Crippen molar-refractivity contribution in [2.45, 2.75) is 11.5 Å². The lowest BCUT2D eigenvalue weighted by Gasteiger charge is -2.17. The predicted octanol–water partition coefficient (Wildman–Crippen LogP) is 3.67. The molecule has 0 radical (unpaired) electrons. The Morgan fingerprint density at radius 2 is 1.87 bits per heavy atom. The molecule has 0 amide bonds. The Morgan fingerprint density at radius 3 is 2.27 bits per heavy atom. The van der Waals surface area contributed by atoms with Crippen molar-refractivity contribution in [2.24, 2.45) is 0 Å². The Hall–Kier alpha value is -0.710. The van der Waals surface area contributed by atoms with E-state index < -0.39 is 11.7 Å². The number of alkyl halides is 4. The van der Waals surface area contributed by atoms with E-state index in [9.17, 15) is 13.2 Å². The minimum absolute atomic E-state index is 0.204. The molecule has 0 spiro atoms. The molecule has 0 aliphatic rings. The van der Waals surface area contributed by atoms with Crippen LogP contribution in [0, 0.1) is 0 Å². The molecule has 5 heteroatoms. The first-order valence-electron chi connectivity index (χ1n) is 4.29. The van der Waals surface area contributed by atoms with Crippen LogP contribution in [0.5, 0.6) is 0 Å². The van der Waals surface area contributed by atoms with E-state index in [1.54, 1.807) is 25.1 Å². The van der Waals surface area contributed by atoms with Crippen LogP contribution in [-0.2, 0) is 11.5 Å². The fraction of sp³-hybridized carbons (Fsp3) is 0.400. The molecular formula is C10H11BrF3N. The zero-order valence-corrected chi connectivity index (χ0v) is 9.98. The SMILES string of the molecule is CN(C)c1ccc(CBr)c(C(F)(F)F)c1. The standard InChI is InChI=1S/C10H11BrF3N/c1-15(2)8-4-3-7(6-11)9(5-8)10(12,13)14/h3-5H,6H2,1-2H3. The van der Waals surface area contributed by atoms with E-state index in [0.29, 0.717) is 5.69 Å². The van der Waals surface area contributed by atoms with Crippen molar-refractivity contribution >= 4 is 21.6 Å². The van der Waals surface area contributed by atoms with E-state index in [-0.39, 0.29) is 10.9 Å². The zero-order chi connectivity index (χ0) is 11.6. The Kier molecular flexibility index (Phi) is 3.65. The number of anilines is 1. The first-order chi connectivity index (χ1) is 6.86. The average Bonchev–Trinajstić information content (AvgIpc) is 2.15. The maximum atomic E-state index is 12.6. The molecule has 0 saturated carbocycles. The molecule has 0 heterocycles. The molecule has 1 rings (SSSR count). The highest BCUT2D eigenvalue weighted by atomic mass is 79.9. The van der Waals surface area contributed by atoms with Crippen LogP contribution in [0.3, 0.4) is 0 Å². The highest BCUT2D eigenvalue weighted by Gasteiger charge is 2.33. The summed E-state index contributed by atoms with van der Waals surface area (Å²) in [4.78, 5) is 1.65. The van der Waals surface area contributed by atoms with Crippen molar-refractivity contribution in [3.8, 4) is 0 Å². The van der Waals surface area contributed by atoms with Gasteiger partial charge in [-0.25, -0.2) is 0 Å². The molecule has 0 saturated heterocycles. The van der Waals surface area contributed by atoms with Gasteiger partial charge in [-0.2, -0.15) is 13.2 Å². The van der Waals surface area contributed by atoms with Crippen molar-refractivity contribution in [3.05, 3.63) is 29.3 Å². The molecule has 0 fully saturated rings. The van der Waals surface area contributed by atoms with Crippen LogP contribution < -0.4 is 4.90 Å². The molecule has 0 aliphatic heterocycles. The van der Waals surface area contributed by atoms with E-state index in [1.807, 2.05) is 0 Å². The van der Waals surface area contributed by atoms with Crippen LogP contribution in [0.4, 0.5) is 18.9 Å². The van der Waals surface area contributed by atoms with Crippen LogP contribution >= 0.6 is 15.9 Å². The number of halogens is 4. The highest BCUT2D eigenvalue weighted by Crippen LogP contribution is 2.35. The quantitative estimate of drug-likeness (QED) is 0.748. The summed E-state index contributed by atoms with van der Waals surface area (Å²) in [5.41, 5.74) is 0.228. The fourth-order valence-corrected chi connectivity index (χ4v) is 1.71. The van der Waals surface area contributed by atoms with Crippen LogP contribution in [0.15, 0.2) is 18.2 Å². The van der Waals surface area contributed by atoms with Crippen molar-refractivity contribution < 1.29 is 13.2 Å². The Balaban J connectivity index is 3.26. The molecule has 1 aromatic rings. The van der Waals surface area contributed by atoms with Gasteiger partial charge in [-0.05, 0) is 17.7 Å². The van der Waals surface area contributed by atoms with E-state index in [2.05, 4.69) is 15.9 Å². The third-order valence-electron chi connectivity index (χ3n) is 2.06. The summed E-state index contributed by atoms with van der Waals surface area (Å²) in [6.07, 6.45) is -4.30. The van der Waals surface area contributed by atoms with Gasteiger partial charge in [0.15, 0.2) is 0 Å². The lowest BCUT2D eigenvalue weighted by molar-refractivity contribution is -0.138. The molecule has 1 nitrogen and oxygen atoms in total. The van der Waals surface area contributed by atoms with E-state index in [4.69, 9.17) is 0 Å². The lowest BCUT2D eigenvalue weighted by atomic mass is 10.1. The highest BCUT2D eigenvalue weighted by molar-refractivity contribution is 9.08. The number of nitrogens with zero attached hydrogens (tertiary/aromatic N) is 1. The van der Waals surface area contributed by atoms with Crippen LogP contribution in [-0.4, -0.2) is 14.1 Å². The normalized spacial score (nSPS) is 11.6. The number of benzene rings is 1. The van der Waals surface area contributed by atoms with Crippen LogP contribution in [0.1, 0.15) is 11.1 Å². The van der Waals surface area contributed by atoms with Gasteiger partial charge >= 0.3 is 6.18 Å².